The van der Waals surface area contributed by atoms with E-state index >= 15 is 0 Å². The van der Waals surface area contributed by atoms with E-state index in [2.05, 4.69) is 10.1 Å². The number of carbonyl (C=O) groups is 1. The Morgan fingerprint density at radius 2 is 1.96 bits per heavy atom. The molecule has 0 radical (unpaired) electrons. The molecule has 1 saturated heterocycles. The molecule has 2 aromatic carbocycles. The van der Waals surface area contributed by atoms with Crippen molar-refractivity contribution in [1.29, 1.82) is 0 Å². The molecule has 1 fully saturated rings. The van der Waals surface area contributed by atoms with Gasteiger partial charge in [0.05, 0.1) is 12.7 Å². The van der Waals surface area contributed by atoms with E-state index in [1.165, 1.54) is 0 Å². The third-order valence-corrected chi connectivity index (χ3v) is 5.18. The Kier molecular flexibility index (Phi) is 5.30. The first kappa shape index (κ1) is 18.5. The number of hydrogen-bond donors (Lipinski definition) is 0. The Hall–Kier alpha value is -2.86. The van der Waals surface area contributed by atoms with Gasteiger partial charge in [-0.25, -0.2) is 0 Å². The molecule has 0 saturated carbocycles. The third kappa shape index (κ3) is 3.60. The molecule has 4 rings (SSSR count). The van der Waals surface area contributed by atoms with Crippen molar-refractivity contribution in [1.82, 2.24) is 15.0 Å². The normalized spacial score (nSPS) is 16.8. The Morgan fingerprint density at radius 3 is 2.75 bits per heavy atom. The average molecular weight is 398 g/mol. The summed E-state index contributed by atoms with van der Waals surface area (Å²) in [6, 6.07) is 14.2. The number of hydrogen-bond acceptors (Lipinski definition) is 5. The lowest BCUT2D eigenvalue weighted by Crippen LogP contribution is -2.38. The number of aromatic nitrogens is 2. The van der Waals surface area contributed by atoms with E-state index in [1.807, 2.05) is 24.3 Å². The summed E-state index contributed by atoms with van der Waals surface area (Å²) in [4.78, 5) is 19.6. The second-order valence-electron chi connectivity index (χ2n) is 6.67. The molecule has 1 aliphatic heterocycles. The van der Waals surface area contributed by atoms with Gasteiger partial charge in [-0.15, -0.1) is 0 Å². The van der Waals surface area contributed by atoms with Gasteiger partial charge >= 0.3 is 0 Å². The van der Waals surface area contributed by atoms with E-state index in [1.54, 1.807) is 36.3 Å². The van der Waals surface area contributed by atoms with Gasteiger partial charge in [-0.1, -0.05) is 28.9 Å². The topological polar surface area (TPSA) is 68.5 Å². The van der Waals surface area contributed by atoms with Crippen molar-refractivity contribution in [2.45, 2.75) is 25.3 Å². The van der Waals surface area contributed by atoms with Crippen LogP contribution >= 0.6 is 11.6 Å². The van der Waals surface area contributed by atoms with Crippen LogP contribution in [0.3, 0.4) is 0 Å². The molecule has 2 heterocycles. The predicted octanol–water partition coefficient (Wildman–Crippen LogP) is 4.77. The van der Waals surface area contributed by atoms with E-state index < -0.39 is 0 Å². The first-order chi connectivity index (χ1) is 13.7. The van der Waals surface area contributed by atoms with Gasteiger partial charge in [0.15, 0.2) is 0 Å². The number of piperidine rings is 1. The molecule has 28 heavy (non-hydrogen) atoms. The Labute approximate surface area is 168 Å². The fourth-order valence-electron chi connectivity index (χ4n) is 3.49. The zero-order valence-electron chi connectivity index (χ0n) is 15.5. The molecule has 0 spiro atoms. The van der Waals surface area contributed by atoms with Crippen LogP contribution in [0.2, 0.25) is 5.02 Å². The minimum atomic E-state index is -0.250. The van der Waals surface area contributed by atoms with Crippen LogP contribution in [0.15, 0.2) is 53.1 Å². The lowest BCUT2D eigenvalue weighted by atomic mass is 10.0. The molecule has 0 N–H and O–H groups in total. The summed E-state index contributed by atoms with van der Waals surface area (Å²) in [6.07, 6.45) is 2.72. The first-order valence-corrected chi connectivity index (χ1v) is 9.58. The highest BCUT2D eigenvalue weighted by Crippen LogP contribution is 2.33. The molecule has 1 aliphatic rings. The van der Waals surface area contributed by atoms with Crippen LogP contribution in [-0.4, -0.2) is 34.6 Å². The number of para-hydroxylation sites is 1. The lowest BCUT2D eigenvalue weighted by Gasteiger charge is -2.33. The number of rotatable bonds is 4. The van der Waals surface area contributed by atoms with Crippen LogP contribution in [0.25, 0.3) is 11.4 Å². The van der Waals surface area contributed by atoms with Crippen molar-refractivity contribution in [2.75, 3.05) is 13.7 Å². The number of methoxy groups -OCH3 is 1. The lowest BCUT2D eigenvalue weighted by molar-refractivity contribution is 0.0558. The molecule has 144 valence electrons. The van der Waals surface area contributed by atoms with Crippen molar-refractivity contribution >= 4 is 17.5 Å². The quantitative estimate of drug-likeness (QED) is 0.634. The van der Waals surface area contributed by atoms with Gasteiger partial charge in [0.1, 0.15) is 11.8 Å². The fraction of sp³-hybridized carbons (Fsp3) is 0.286. The summed E-state index contributed by atoms with van der Waals surface area (Å²) in [5, 5.41) is 4.75. The maximum atomic E-state index is 13.2. The molecule has 1 unspecified atom stereocenters. The van der Waals surface area contributed by atoms with Gasteiger partial charge in [-0.2, -0.15) is 4.98 Å². The zero-order chi connectivity index (χ0) is 19.5. The van der Waals surface area contributed by atoms with Gasteiger partial charge in [-0.05, 0) is 55.7 Å². The van der Waals surface area contributed by atoms with Crippen molar-refractivity contribution < 1.29 is 14.1 Å². The molecule has 1 amide bonds. The molecule has 3 aromatic rings. The maximum Gasteiger partial charge on any atom is 0.258 e. The second-order valence-corrected chi connectivity index (χ2v) is 7.11. The number of carbonyl (C=O) groups excluding carboxylic acids is 1. The largest absolute Gasteiger partial charge is 0.496 e. The van der Waals surface area contributed by atoms with E-state index in [0.29, 0.717) is 34.6 Å². The molecule has 7 heteroatoms. The van der Waals surface area contributed by atoms with E-state index in [9.17, 15) is 4.79 Å². The van der Waals surface area contributed by atoms with Gasteiger partial charge in [0.25, 0.3) is 5.91 Å². The molecule has 1 aromatic heterocycles. The van der Waals surface area contributed by atoms with Crippen molar-refractivity contribution in [3.63, 3.8) is 0 Å². The van der Waals surface area contributed by atoms with Gasteiger partial charge < -0.3 is 14.2 Å². The van der Waals surface area contributed by atoms with Crippen molar-refractivity contribution in [3.8, 4) is 17.1 Å². The molecule has 0 aliphatic carbocycles. The molecule has 1 atom stereocenters. The van der Waals surface area contributed by atoms with Crippen LogP contribution in [0.1, 0.15) is 41.6 Å². The molecular formula is C21H20ClN3O3. The molecule has 6 nitrogen and oxygen atoms in total. The highest BCUT2D eigenvalue weighted by atomic mass is 35.5. The number of benzene rings is 2. The minimum absolute atomic E-state index is 0.0895. The minimum Gasteiger partial charge on any atom is -0.496 e. The SMILES string of the molecule is COc1ccccc1C(=O)N1CCCCC1c1nc(-c2ccc(Cl)cc2)no1. The van der Waals surface area contributed by atoms with Crippen LogP contribution in [0, 0.1) is 0 Å². The number of nitrogens with zero attached hydrogens (tertiary/aromatic N) is 3. The summed E-state index contributed by atoms with van der Waals surface area (Å²) in [7, 11) is 1.57. The first-order valence-electron chi connectivity index (χ1n) is 9.21. The molecular weight excluding hydrogens is 378 g/mol. The summed E-state index contributed by atoms with van der Waals surface area (Å²) < 4.78 is 10.9. The smallest absolute Gasteiger partial charge is 0.258 e. The average Bonchev–Trinajstić information content (AvgIpc) is 3.24. The van der Waals surface area contributed by atoms with Crippen LogP contribution in [0.5, 0.6) is 5.75 Å². The monoisotopic (exact) mass is 397 g/mol. The van der Waals surface area contributed by atoms with Crippen LogP contribution in [-0.2, 0) is 0 Å². The maximum absolute atomic E-state index is 13.2. The third-order valence-electron chi connectivity index (χ3n) is 4.93. The number of likely N-dealkylation sites (tertiary alicyclic amines) is 1. The Morgan fingerprint density at radius 1 is 1.18 bits per heavy atom. The zero-order valence-corrected chi connectivity index (χ0v) is 16.2. The van der Waals surface area contributed by atoms with E-state index in [4.69, 9.17) is 20.9 Å². The predicted molar refractivity (Wildman–Crippen MR) is 105 cm³/mol. The highest BCUT2D eigenvalue weighted by molar-refractivity contribution is 6.30. The van der Waals surface area contributed by atoms with Crippen molar-refractivity contribution in [2.24, 2.45) is 0 Å². The summed E-state index contributed by atoms with van der Waals surface area (Å²) in [5.74, 6) is 1.41. The van der Waals surface area contributed by atoms with Crippen molar-refractivity contribution in [3.05, 3.63) is 65.0 Å². The highest BCUT2D eigenvalue weighted by Gasteiger charge is 2.33. The summed E-state index contributed by atoms with van der Waals surface area (Å²) in [6.45, 7) is 0.639. The number of ether oxygens (including phenoxy) is 1. The van der Waals surface area contributed by atoms with E-state index in [0.717, 1.165) is 24.8 Å². The Bertz CT molecular complexity index is 971. The van der Waals surface area contributed by atoms with Gasteiger partial charge in [0, 0.05) is 17.1 Å². The standard InChI is InChI=1S/C21H20ClN3O3/c1-27-18-8-3-2-6-16(18)21(26)25-13-5-4-7-17(25)20-23-19(24-28-20)14-9-11-15(22)12-10-14/h2-3,6,8-12,17H,4-5,7,13H2,1H3. The Balaban J connectivity index is 1.62. The second kappa shape index (κ2) is 8.02. The molecule has 0 bridgehead atoms. The van der Waals surface area contributed by atoms with Crippen LogP contribution < -0.4 is 4.74 Å². The van der Waals surface area contributed by atoms with Gasteiger partial charge in [-0.3, -0.25) is 4.79 Å². The summed E-state index contributed by atoms with van der Waals surface area (Å²) >= 11 is 5.94. The number of amides is 1. The summed E-state index contributed by atoms with van der Waals surface area (Å²) in [5.41, 5.74) is 1.35. The fourth-order valence-corrected chi connectivity index (χ4v) is 3.62. The van der Waals surface area contributed by atoms with E-state index in [-0.39, 0.29) is 11.9 Å². The number of halogens is 1. The van der Waals surface area contributed by atoms with Crippen LogP contribution in [0.4, 0.5) is 0 Å². The van der Waals surface area contributed by atoms with Gasteiger partial charge in [0.2, 0.25) is 11.7 Å².